The van der Waals surface area contributed by atoms with Gasteiger partial charge in [0.2, 0.25) is 11.8 Å². The van der Waals surface area contributed by atoms with E-state index < -0.39 is 0 Å². The van der Waals surface area contributed by atoms with E-state index in [9.17, 15) is 9.59 Å². The summed E-state index contributed by atoms with van der Waals surface area (Å²) in [6.07, 6.45) is 11.5. The zero-order valence-electron chi connectivity index (χ0n) is 13.5. The van der Waals surface area contributed by atoms with E-state index in [0.717, 1.165) is 25.7 Å². The summed E-state index contributed by atoms with van der Waals surface area (Å²) in [6.45, 7) is 5.07. The molecule has 122 valence electrons. The van der Waals surface area contributed by atoms with Gasteiger partial charge in [0.1, 0.15) is 0 Å². The summed E-state index contributed by atoms with van der Waals surface area (Å²) in [5.74, 6) is 0.240. The summed E-state index contributed by atoms with van der Waals surface area (Å²) < 4.78 is 0. The monoisotopic (exact) mass is 304 g/mol. The minimum absolute atomic E-state index is 0.131. The zero-order chi connectivity index (χ0) is 15.5. The molecule has 1 saturated heterocycles. The average Bonchev–Trinajstić information content (AvgIpc) is 3.24. The van der Waals surface area contributed by atoms with Crippen molar-refractivity contribution in [2.75, 3.05) is 13.1 Å². The lowest BCUT2D eigenvalue weighted by atomic mass is 10.0. The van der Waals surface area contributed by atoms with Crippen LogP contribution in [-0.2, 0) is 9.59 Å². The van der Waals surface area contributed by atoms with Crippen molar-refractivity contribution in [2.45, 2.75) is 69.9 Å². The van der Waals surface area contributed by atoms with Crippen LogP contribution >= 0.6 is 0 Å². The Morgan fingerprint density at radius 3 is 2.45 bits per heavy atom. The van der Waals surface area contributed by atoms with Gasteiger partial charge in [0.15, 0.2) is 0 Å². The van der Waals surface area contributed by atoms with Crippen LogP contribution in [0.15, 0.2) is 12.7 Å². The predicted molar refractivity (Wildman–Crippen MR) is 86.2 cm³/mol. The molecule has 1 unspecified atom stereocenters. The Labute approximate surface area is 133 Å². The number of likely N-dealkylation sites (tertiary alicyclic amines) is 1. The molecule has 0 N–H and O–H groups in total. The Bertz CT molecular complexity index is 436. The maximum atomic E-state index is 12.9. The van der Waals surface area contributed by atoms with E-state index >= 15 is 0 Å². The third kappa shape index (κ3) is 3.06. The Balaban J connectivity index is 1.65. The van der Waals surface area contributed by atoms with Gasteiger partial charge in [-0.2, -0.15) is 0 Å². The second-order valence-corrected chi connectivity index (χ2v) is 7.10. The van der Waals surface area contributed by atoms with Gasteiger partial charge in [-0.05, 0) is 25.7 Å². The van der Waals surface area contributed by atoms with Crippen LogP contribution in [0.25, 0.3) is 0 Å². The first-order chi connectivity index (χ1) is 10.7. The summed E-state index contributed by atoms with van der Waals surface area (Å²) in [7, 11) is 0. The largest absolute Gasteiger partial charge is 0.339 e. The predicted octanol–water partition coefficient (Wildman–Crippen LogP) is 2.73. The van der Waals surface area contributed by atoms with Crippen molar-refractivity contribution in [3.8, 4) is 0 Å². The highest BCUT2D eigenvalue weighted by Gasteiger charge is 2.41. The van der Waals surface area contributed by atoms with Gasteiger partial charge < -0.3 is 9.80 Å². The Kier molecular flexibility index (Phi) is 4.84. The Morgan fingerprint density at radius 2 is 1.82 bits per heavy atom. The molecule has 3 fully saturated rings. The molecule has 0 aromatic rings. The Morgan fingerprint density at radius 1 is 1.18 bits per heavy atom. The quantitative estimate of drug-likeness (QED) is 0.733. The molecule has 0 bridgehead atoms. The number of hydrogen-bond acceptors (Lipinski definition) is 2. The summed E-state index contributed by atoms with van der Waals surface area (Å²) in [5, 5.41) is 0. The molecule has 0 aromatic heterocycles. The second kappa shape index (κ2) is 6.84. The van der Waals surface area contributed by atoms with Crippen LogP contribution in [0, 0.1) is 5.92 Å². The lowest BCUT2D eigenvalue weighted by molar-refractivity contribution is -0.137. The van der Waals surface area contributed by atoms with Crippen molar-refractivity contribution in [2.24, 2.45) is 5.92 Å². The van der Waals surface area contributed by atoms with Gasteiger partial charge in [0.25, 0.3) is 0 Å². The third-order valence-corrected chi connectivity index (χ3v) is 5.65. The van der Waals surface area contributed by atoms with Gasteiger partial charge in [-0.25, -0.2) is 0 Å². The number of hydrogen-bond donors (Lipinski definition) is 0. The lowest BCUT2D eigenvalue weighted by Crippen LogP contribution is -2.43. The van der Waals surface area contributed by atoms with Gasteiger partial charge in [0.05, 0.1) is 5.92 Å². The fraction of sp³-hybridized carbons (Fsp3) is 0.778. The van der Waals surface area contributed by atoms with Gasteiger partial charge in [0, 0.05) is 31.6 Å². The molecule has 3 aliphatic rings. The molecule has 2 amide bonds. The van der Waals surface area contributed by atoms with Crippen LogP contribution in [0.5, 0.6) is 0 Å². The topological polar surface area (TPSA) is 40.6 Å². The maximum absolute atomic E-state index is 12.9. The van der Waals surface area contributed by atoms with Crippen molar-refractivity contribution in [3.05, 3.63) is 12.7 Å². The van der Waals surface area contributed by atoms with Gasteiger partial charge in [-0.15, -0.1) is 6.58 Å². The molecule has 0 spiro atoms. The molecule has 1 aliphatic heterocycles. The van der Waals surface area contributed by atoms with Crippen LogP contribution in [0.4, 0.5) is 0 Å². The van der Waals surface area contributed by atoms with Crippen molar-refractivity contribution in [1.82, 2.24) is 9.80 Å². The highest BCUT2D eigenvalue weighted by atomic mass is 16.2. The van der Waals surface area contributed by atoms with Crippen LogP contribution in [0.2, 0.25) is 0 Å². The number of rotatable bonds is 5. The summed E-state index contributed by atoms with van der Waals surface area (Å²) in [4.78, 5) is 29.2. The van der Waals surface area contributed by atoms with Crippen LogP contribution in [-0.4, -0.2) is 46.8 Å². The van der Waals surface area contributed by atoms with Crippen molar-refractivity contribution in [3.63, 3.8) is 0 Å². The van der Waals surface area contributed by atoms with E-state index in [4.69, 9.17) is 0 Å². The maximum Gasteiger partial charge on any atom is 0.228 e. The first-order valence-electron chi connectivity index (χ1n) is 8.91. The summed E-state index contributed by atoms with van der Waals surface area (Å²) in [5.41, 5.74) is 0. The van der Waals surface area contributed by atoms with Crippen molar-refractivity contribution < 1.29 is 9.59 Å². The van der Waals surface area contributed by atoms with E-state index in [2.05, 4.69) is 6.58 Å². The highest BCUT2D eigenvalue weighted by Crippen LogP contribution is 2.32. The zero-order valence-corrected chi connectivity index (χ0v) is 13.5. The molecular weight excluding hydrogens is 276 g/mol. The normalized spacial score (nSPS) is 26.8. The number of nitrogens with zero attached hydrogens (tertiary/aromatic N) is 2. The van der Waals surface area contributed by atoms with Gasteiger partial charge >= 0.3 is 0 Å². The van der Waals surface area contributed by atoms with E-state index in [1.165, 1.54) is 25.7 Å². The molecule has 22 heavy (non-hydrogen) atoms. The molecule has 1 heterocycles. The minimum atomic E-state index is -0.131. The van der Waals surface area contributed by atoms with Crippen LogP contribution < -0.4 is 0 Å². The van der Waals surface area contributed by atoms with E-state index in [1.54, 1.807) is 0 Å². The molecule has 2 saturated carbocycles. The van der Waals surface area contributed by atoms with Gasteiger partial charge in [-0.3, -0.25) is 9.59 Å². The molecule has 1 atom stereocenters. The van der Waals surface area contributed by atoms with E-state index in [-0.39, 0.29) is 17.7 Å². The fourth-order valence-electron chi connectivity index (χ4n) is 4.47. The fourth-order valence-corrected chi connectivity index (χ4v) is 4.47. The molecule has 4 heteroatoms. The lowest BCUT2D eigenvalue weighted by Gasteiger charge is -2.30. The van der Waals surface area contributed by atoms with E-state index in [0.29, 0.717) is 31.6 Å². The summed E-state index contributed by atoms with van der Waals surface area (Å²) >= 11 is 0. The third-order valence-electron chi connectivity index (χ3n) is 5.65. The number of carbonyl (C=O) groups excluding carboxylic acids is 2. The highest BCUT2D eigenvalue weighted by molar-refractivity contribution is 5.89. The molecule has 0 radical (unpaired) electrons. The first-order valence-corrected chi connectivity index (χ1v) is 8.91. The standard InChI is InChI=1S/C18H28N2O2/c1-2-11-19(15-7-3-4-8-15)18(22)14-12-17(21)20(13-14)16-9-5-6-10-16/h2,14-16H,1,3-13H2. The van der Waals surface area contributed by atoms with Crippen LogP contribution in [0.3, 0.4) is 0 Å². The number of carbonyl (C=O) groups is 2. The molecular formula is C18H28N2O2. The molecule has 2 aliphatic carbocycles. The Hall–Kier alpha value is -1.32. The molecule has 3 rings (SSSR count). The average molecular weight is 304 g/mol. The summed E-state index contributed by atoms with van der Waals surface area (Å²) in [6, 6.07) is 0.755. The molecule has 0 aromatic carbocycles. The second-order valence-electron chi connectivity index (χ2n) is 7.10. The smallest absolute Gasteiger partial charge is 0.228 e. The minimum Gasteiger partial charge on any atom is -0.339 e. The van der Waals surface area contributed by atoms with Crippen molar-refractivity contribution in [1.29, 1.82) is 0 Å². The SMILES string of the molecule is C=CCN(C(=O)C1CC(=O)N(C2CCCC2)C1)C1CCCC1. The van der Waals surface area contributed by atoms with Gasteiger partial charge in [-0.1, -0.05) is 31.8 Å². The first kappa shape index (κ1) is 15.6. The van der Waals surface area contributed by atoms with E-state index in [1.807, 2.05) is 15.9 Å². The van der Waals surface area contributed by atoms with Crippen LogP contribution in [0.1, 0.15) is 57.8 Å². The number of amides is 2. The molecule has 4 nitrogen and oxygen atoms in total. The van der Waals surface area contributed by atoms with Crippen molar-refractivity contribution >= 4 is 11.8 Å².